The molecule has 1 N–H and O–H groups in total. The average molecular weight is 274 g/mol. The molecule has 3 aromatic rings. The van der Waals surface area contributed by atoms with Crippen molar-refractivity contribution in [1.29, 1.82) is 0 Å². The molecule has 19 heavy (non-hydrogen) atoms. The summed E-state index contributed by atoms with van der Waals surface area (Å²) in [5.74, 6) is -0.991. The maximum Gasteiger partial charge on any atom is 0.335 e. The van der Waals surface area contributed by atoms with E-state index in [0.717, 1.165) is 0 Å². The molecule has 1 heterocycles. The van der Waals surface area contributed by atoms with E-state index in [1.54, 1.807) is 16.8 Å². The Morgan fingerprint density at radius 3 is 2.74 bits per heavy atom. The molecule has 0 atom stereocenters. The fraction of sp³-hybridized carbons (Fsp3) is 0. The van der Waals surface area contributed by atoms with Crippen molar-refractivity contribution >= 4 is 28.6 Å². The summed E-state index contributed by atoms with van der Waals surface area (Å²) in [6.07, 6.45) is 0. The molecule has 0 radical (unpaired) electrons. The number of para-hydroxylation sites is 1. The molecule has 0 saturated heterocycles. The van der Waals surface area contributed by atoms with Crippen LogP contribution in [0.3, 0.4) is 0 Å². The molecule has 0 saturated carbocycles. The Hall–Kier alpha value is -2.40. The van der Waals surface area contributed by atoms with Crippen molar-refractivity contribution in [3.8, 4) is 5.69 Å². The van der Waals surface area contributed by atoms with Gasteiger partial charge in [0.25, 0.3) is 0 Å². The lowest BCUT2D eigenvalue weighted by Crippen LogP contribution is -1.98. The summed E-state index contributed by atoms with van der Waals surface area (Å²) in [6, 6.07) is 11.9. The Morgan fingerprint density at radius 1 is 1.21 bits per heavy atom. The molecule has 0 fully saturated rings. The zero-order valence-corrected chi connectivity index (χ0v) is 10.4. The van der Waals surface area contributed by atoms with Gasteiger partial charge in [-0.25, -0.2) is 9.48 Å². The Morgan fingerprint density at radius 2 is 2.00 bits per heavy atom. The number of nitrogens with zero attached hydrogens (tertiary/aromatic N) is 3. The molecule has 6 heteroatoms. The number of aromatic nitrogens is 3. The number of fused-ring (bicyclic) bond motifs is 1. The van der Waals surface area contributed by atoms with E-state index in [1.807, 2.05) is 18.2 Å². The van der Waals surface area contributed by atoms with Crippen LogP contribution >= 0.6 is 11.6 Å². The van der Waals surface area contributed by atoms with Crippen LogP contribution in [0.4, 0.5) is 0 Å². The molecule has 0 aliphatic heterocycles. The summed E-state index contributed by atoms with van der Waals surface area (Å²) in [5, 5.41) is 17.5. The molecule has 5 nitrogen and oxygen atoms in total. The van der Waals surface area contributed by atoms with Gasteiger partial charge in [-0.2, -0.15) is 0 Å². The molecular weight excluding hydrogens is 266 g/mol. The van der Waals surface area contributed by atoms with Gasteiger partial charge >= 0.3 is 5.97 Å². The summed E-state index contributed by atoms with van der Waals surface area (Å²) in [6.45, 7) is 0. The Kier molecular flexibility index (Phi) is 2.68. The van der Waals surface area contributed by atoms with Crippen molar-refractivity contribution in [2.75, 3.05) is 0 Å². The van der Waals surface area contributed by atoms with Crippen LogP contribution in [0.1, 0.15) is 10.4 Å². The molecule has 0 aliphatic carbocycles. The monoisotopic (exact) mass is 273 g/mol. The zero-order chi connectivity index (χ0) is 13.4. The second kappa shape index (κ2) is 4.37. The van der Waals surface area contributed by atoms with Crippen molar-refractivity contribution in [3.05, 3.63) is 53.1 Å². The van der Waals surface area contributed by atoms with Gasteiger partial charge in [0.1, 0.15) is 5.52 Å². The van der Waals surface area contributed by atoms with Gasteiger partial charge in [-0.05, 0) is 30.3 Å². The number of aromatic carboxylic acids is 1. The first kappa shape index (κ1) is 11.7. The Labute approximate surface area is 113 Å². The summed E-state index contributed by atoms with van der Waals surface area (Å²) >= 11 is 6.12. The smallest absolute Gasteiger partial charge is 0.335 e. The highest BCUT2D eigenvalue weighted by Gasteiger charge is 2.11. The maximum atomic E-state index is 10.9. The molecule has 0 bridgehead atoms. The summed E-state index contributed by atoms with van der Waals surface area (Å²) in [4.78, 5) is 10.9. The normalized spacial score (nSPS) is 10.8. The van der Waals surface area contributed by atoms with Gasteiger partial charge in [0, 0.05) is 0 Å². The van der Waals surface area contributed by atoms with Crippen LogP contribution in [0, 0.1) is 0 Å². The van der Waals surface area contributed by atoms with Crippen LogP contribution in [0.25, 0.3) is 16.7 Å². The van der Waals surface area contributed by atoms with Crippen LogP contribution in [0.2, 0.25) is 5.02 Å². The van der Waals surface area contributed by atoms with E-state index in [9.17, 15) is 4.79 Å². The van der Waals surface area contributed by atoms with Crippen molar-refractivity contribution in [3.63, 3.8) is 0 Å². The first-order chi connectivity index (χ1) is 9.16. The number of benzene rings is 2. The largest absolute Gasteiger partial charge is 0.478 e. The van der Waals surface area contributed by atoms with Crippen LogP contribution in [-0.2, 0) is 0 Å². The first-order valence-corrected chi connectivity index (χ1v) is 5.88. The highest BCUT2D eigenvalue weighted by atomic mass is 35.5. The third kappa shape index (κ3) is 1.94. The molecular formula is C13H8ClN3O2. The van der Waals surface area contributed by atoms with E-state index in [4.69, 9.17) is 16.7 Å². The van der Waals surface area contributed by atoms with E-state index < -0.39 is 5.97 Å². The topological polar surface area (TPSA) is 68.0 Å². The number of carboxylic acids is 1. The Balaban J connectivity index is 2.22. The molecule has 2 aromatic carbocycles. The second-order valence-corrected chi connectivity index (χ2v) is 4.37. The van der Waals surface area contributed by atoms with Gasteiger partial charge < -0.3 is 5.11 Å². The minimum atomic E-state index is -0.991. The van der Waals surface area contributed by atoms with Crippen LogP contribution in [0.15, 0.2) is 42.5 Å². The van der Waals surface area contributed by atoms with Crippen molar-refractivity contribution in [2.45, 2.75) is 0 Å². The van der Waals surface area contributed by atoms with Crippen LogP contribution < -0.4 is 0 Å². The number of hydrogen-bond acceptors (Lipinski definition) is 3. The molecule has 94 valence electrons. The molecule has 0 spiro atoms. The number of carbonyl (C=O) groups is 1. The molecule has 3 rings (SSSR count). The first-order valence-electron chi connectivity index (χ1n) is 5.50. The number of rotatable bonds is 2. The van der Waals surface area contributed by atoms with Crippen molar-refractivity contribution in [1.82, 2.24) is 15.0 Å². The van der Waals surface area contributed by atoms with Gasteiger partial charge in [0.15, 0.2) is 0 Å². The average Bonchev–Trinajstić information content (AvgIpc) is 2.82. The van der Waals surface area contributed by atoms with Gasteiger partial charge in [0.2, 0.25) is 0 Å². The fourth-order valence-corrected chi connectivity index (χ4v) is 2.07. The highest BCUT2D eigenvalue weighted by Crippen LogP contribution is 2.23. The predicted octanol–water partition coefficient (Wildman–Crippen LogP) is 2.77. The number of hydrogen-bond donors (Lipinski definition) is 1. The zero-order valence-electron chi connectivity index (χ0n) is 9.62. The molecule has 0 aliphatic rings. The van der Waals surface area contributed by atoms with E-state index in [2.05, 4.69) is 10.3 Å². The lowest BCUT2D eigenvalue weighted by atomic mass is 10.2. The highest BCUT2D eigenvalue weighted by molar-refractivity contribution is 6.32. The summed E-state index contributed by atoms with van der Waals surface area (Å²) < 4.78 is 1.59. The SMILES string of the molecule is O=C(O)c1ccc2c(c1)nnn2-c1ccccc1Cl. The van der Waals surface area contributed by atoms with E-state index in [0.29, 0.717) is 21.7 Å². The lowest BCUT2D eigenvalue weighted by molar-refractivity contribution is 0.0697. The number of carboxylic acid groups (broad SMARTS) is 1. The Bertz CT molecular complexity index is 782. The van der Waals surface area contributed by atoms with Gasteiger partial charge in [-0.3, -0.25) is 0 Å². The second-order valence-electron chi connectivity index (χ2n) is 3.96. The third-order valence-corrected chi connectivity index (χ3v) is 3.09. The van der Waals surface area contributed by atoms with Gasteiger partial charge in [-0.15, -0.1) is 5.10 Å². The van der Waals surface area contributed by atoms with Gasteiger partial charge in [0.05, 0.1) is 21.8 Å². The van der Waals surface area contributed by atoms with Gasteiger partial charge in [-0.1, -0.05) is 28.9 Å². The quantitative estimate of drug-likeness (QED) is 0.779. The van der Waals surface area contributed by atoms with Crippen molar-refractivity contribution < 1.29 is 9.90 Å². The molecule has 1 aromatic heterocycles. The maximum absolute atomic E-state index is 10.9. The van der Waals surface area contributed by atoms with Crippen LogP contribution in [0.5, 0.6) is 0 Å². The van der Waals surface area contributed by atoms with E-state index in [1.165, 1.54) is 12.1 Å². The fourth-order valence-electron chi connectivity index (χ4n) is 1.86. The molecule has 0 unspecified atom stereocenters. The minimum absolute atomic E-state index is 0.179. The van der Waals surface area contributed by atoms with E-state index >= 15 is 0 Å². The predicted molar refractivity (Wildman–Crippen MR) is 70.8 cm³/mol. The van der Waals surface area contributed by atoms with Crippen LogP contribution in [-0.4, -0.2) is 26.1 Å². The van der Waals surface area contributed by atoms with E-state index in [-0.39, 0.29) is 5.56 Å². The summed E-state index contributed by atoms with van der Waals surface area (Å²) in [5.41, 5.74) is 2.10. The minimum Gasteiger partial charge on any atom is -0.478 e. The molecule has 0 amide bonds. The third-order valence-electron chi connectivity index (χ3n) is 2.77. The standard InChI is InChI=1S/C13H8ClN3O2/c14-9-3-1-2-4-11(9)17-12-6-5-8(13(18)19)7-10(12)15-16-17/h1-7H,(H,18,19). The van der Waals surface area contributed by atoms with Crippen molar-refractivity contribution in [2.24, 2.45) is 0 Å². The lowest BCUT2D eigenvalue weighted by Gasteiger charge is -2.04. The summed E-state index contributed by atoms with van der Waals surface area (Å²) in [7, 11) is 0. The number of halogens is 1.